The molecule has 1 aliphatic heterocycles. The molecule has 0 amide bonds. The standard InChI is InChI=1S/C11H14F3N3O3S/c12-11(13,14)7-20-10-2-1-9(5-16-10)21(18,19)17-4-3-8(15)6-17/h1-2,5,8H,3-4,6-7,15H2/t8-/m1/s1. The highest BCUT2D eigenvalue weighted by atomic mass is 32.2. The lowest BCUT2D eigenvalue weighted by Crippen LogP contribution is -2.32. The Labute approximate surface area is 119 Å². The zero-order chi connectivity index (χ0) is 15.7. The minimum absolute atomic E-state index is 0.101. The van der Waals surface area contributed by atoms with Gasteiger partial charge in [0.2, 0.25) is 15.9 Å². The van der Waals surface area contributed by atoms with Crippen LogP contribution in [0.1, 0.15) is 6.42 Å². The average Bonchev–Trinajstić information content (AvgIpc) is 2.83. The molecular formula is C11H14F3N3O3S. The lowest BCUT2D eigenvalue weighted by atomic mass is 10.3. The number of halogens is 3. The van der Waals surface area contributed by atoms with Gasteiger partial charge in [-0.05, 0) is 12.5 Å². The number of pyridine rings is 1. The summed E-state index contributed by atoms with van der Waals surface area (Å²) in [5.74, 6) is -0.288. The van der Waals surface area contributed by atoms with Gasteiger partial charge in [0, 0.05) is 25.2 Å². The molecule has 2 N–H and O–H groups in total. The topological polar surface area (TPSA) is 85.5 Å². The molecule has 1 saturated heterocycles. The van der Waals surface area contributed by atoms with Crippen LogP contribution in [0.2, 0.25) is 0 Å². The first kappa shape index (κ1) is 16.0. The van der Waals surface area contributed by atoms with Crippen LogP contribution in [0, 0.1) is 0 Å². The Morgan fingerprint density at radius 1 is 1.43 bits per heavy atom. The Bertz CT molecular complexity index is 589. The second-order valence-corrected chi connectivity index (χ2v) is 6.59. The first-order valence-electron chi connectivity index (χ1n) is 6.10. The number of nitrogens with zero attached hydrogens (tertiary/aromatic N) is 2. The number of ether oxygens (including phenoxy) is 1. The summed E-state index contributed by atoms with van der Waals surface area (Å²) in [4.78, 5) is 3.48. The van der Waals surface area contributed by atoms with E-state index in [0.29, 0.717) is 13.0 Å². The van der Waals surface area contributed by atoms with Gasteiger partial charge in [0.05, 0.1) is 6.20 Å². The summed E-state index contributed by atoms with van der Waals surface area (Å²) in [5.41, 5.74) is 5.66. The van der Waals surface area contributed by atoms with E-state index in [2.05, 4.69) is 9.72 Å². The van der Waals surface area contributed by atoms with Gasteiger partial charge >= 0.3 is 6.18 Å². The molecular weight excluding hydrogens is 311 g/mol. The van der Waals surface area contributed by atoms with E-state index in [0.717, 1.165) is 18.3 Å². The van der Waals surface area contributed by atoms with Crippen LogP contribution in [0.5, 0.6) is 5.88 Å². The summed E-state index contributed by atoms with van der Waals surface area (Å²) < 4.78 is 66.0. The fourth-order valence-corrected chi connectivity index (χ4v) is 3.34. The van der Waals surface area contributed by atoms with Gasteiger partial charge in [-0.3, -0.25) is 0 Å². The lowest BCUT2D eigenvalue weighted by Gasteiger charge is -2.16. The van der Waals surface area contributed by atoms with Crippen molar-refractivity contribution in [2.45, 2.75) is 23.5 Å². The van der Waals surface area contributed by atoms with E-state index >= 15 is 0 Å². The van der Waals surface area contributed by atoms with Crippen LogP contribution < -0.4 is 10.5 Å². The SMILES string of the molecule is N[C@@H]1CCN(S(=O)(=O)c2ccc(OCC(F)(F)F)nc2)C1. The van der Waals surface area contributed by atoms with Crippen LogP contribution in [0.3, 0.4) is 0 Å². The van der Waals surface area contributed by atoms with Gasteiger partial charge in [-0.2, -0.15) is 17.5 Å². The summed E-state index contributed by atoms with van der Waals surface area (Å²) in [5, 5.41) is 0. The molecule has 0 unspecified atom stereocenters. The van der Waals surface area contributed by atoms with Crippen molar-refractivity contribution in [1.82, 2.24) is 9.29 Å². The summed E-state index contributed by atoms with van der Waals surface area (Å²) in [6.07, 6.45) is -2.93. The number of hydrogen-bond donors (Lipinski definition) is 1. The molecule has 21 heavy (non-hydrogen) atoms. The van der Waals surface area contributed by atoms with E-state index in [1.54, 1.807) is 0 Å². The molecule has 6 nitrogen and oxygen atoms in total. The Kier molecular flexibility index (Phi) is 4.40. The summed E-state index contributed by atoms with van der Waals surface area (Å²) in [6, 6.07) is 2.05. The van der Waals surface area contributed by atoms with Crippen molar-refractivity contribution in [3.05, 3.63) is 18.3 Å². The smallest absolute Gasteiger partial charge is 0.422 e. The minimum atomic E-state index is -4.47. The summed E-state index contributed by atoms with van der Waals surface area (Å²) in [6.45, 7) is -0.947. The lowest BCUT2D eigenvalue weighted by molar-refractivity contribution is -0.154. The molecule has 2 rings (SSSR count). The first-order chi connectivity index (χ1) is 9.68. The Morgan fingerprint density at radius 3 is 2.62 bits per heavy atom. The van der Waals surface area contributed by atoms with E-state index in [-0.39, 0.29) is 23.4 Å². The second-order valence-electron chi connectivity index (χ2n) is 4.65. The van der Waals surface area contributed by atoms with E-state index < -0.39 is 22.8 Å². The maximum atomic E-state index is 12.2. The average molecular weight is 325 g/mol. The fraction of sp³-hybridized carbons (Fsp3) is 0.545. The van der Waals surface area contributed by atoms with Crippen molar-refractivity contribution in [2.75, 3.05) is 19.7 Å². The molecule has 1 aromatic rings. The highest BCUT2D eigenvalue weighted by Crippen LogP contribution is 2.22. The van der Waals surface area contributed by atoms with Crippen molar-refractivity contribution >= 4 is 10.0 Å². The zero-order valence-corrected chi connectivity index (χ0v) is 11.7. The molecule has 0 aliphatic carbocycles. The van der Waals surface area contributed by atoms with Gasteiger partial charge in [0.1, 0.15) is 4.90 Å². The number of hydrogen-bond acceptors (Lipinski definition) is 5. The molecule has 1 aliphatic rings. The maximum Gasteiger partial charge on any atom is 0.422 e. The second kappa shape index (κ2) is 5.78. The van der Waals surface area contributed by atoms with Crippen LogP contribution in [0.15, 0.2) is 23.2 Å². The van der Waals surface area contributed by atoms with Crippen LogP contribution >= 0.6 is 0 Å². The van der Waals surface area contributed by atoms with Crippen LogP contribution in [-0.2, 0) is 10.0 Å². The molecule has 10 heteroatoms. The third-order valence-corrected chi connectivity index (χ3v) is 4.77. The highest BCUT2D eigenvalue weighted by Gasteiger charge is 2.31. The highest BCUT2D eigenvalue weighted by molar-refractivity contribution is 7.89. The van der Waals surface area contributed by atoms with Crippen LogP contribution in [0.25, 0.3) is 0 Å². The Balaban J connectivity index is 2.08. The largest absolute Gasteiger partial charge is 0.468 e. The number of alkyl halides is 3. The van der Waals surface area contributed by atoms with E-state index in [4.69, 9.17) is 5.73 Å². The molecule has 118 valence electrons. The predicted octanol–water partition coefficient (Wildman–Crippen LogP) is 0.744. The number of sulfonamides is 1. The third-order valence-electron chi connectivity index (χ3n) is 2.92. The maximum absolute atomic E-state index is 12.2. The quantitative estimate of drug-likeness (QED) is 0.883. The van der Waals surface area contributed by atoms with Crippen molar-refractivity contribution in [2.24, 2.45) is 5.73 Å². The summed E-state index contributed by atoms with van der Waals surface area (Å²) >= 11 is 0. The van der Waals surface area contributed by atoms with E-state index in [1.807, 2.05) is 0 Å². The monoisotopic (exact) mass is 325 g/mol. The predicted molar refractivity (Wildman–Crippen MR) is 67.1 cm³/mol. The molecule has 0 aromatic carbocycles. The van der Waals surface area contributed by atoms with Gasteiger partial charge in [-0.1, -0.05) is 0 Å². The number of rotatable bonds is 4. The van der Waals surface area contributed by atoms with Gasteiger partial charge in [-0.25, -0.2) is 13.4 Å². The van der Waals surface area contributed by atoms with Crippen molar-refractivity contribution in [1.29, 1.82) is 0 Å². The number of aromatic nitrogens is 1. The minimum Gasteiger partial charge on any atom is -0.468 e. The number of nitrogens with two attached hydrogens (primary N) is 1. The van der Waals surface area contributed by atoms with Crippen molar-refractivity contribution in [3.63, 3.8) is 0 Å². The van der Waals surface area contributed by atoms with E-state index in [1.165, 1.54) is 4.31 Å². The molecule has 0 saturated carbocycles. The molecule has 1 aromatic heterocycles. The van der Waals surface area contributed by atoms with Gasteiger partial charge in [0.15, 0.2) is 6.61 Å². The van der Waals surface area contributed by atoms with Crippen molar-refractivity contribution < 1.29 is 26.3 Å². The molecule has 1 fully saturated rings. The Hall–Kier alpha value is -1.39. The third kappa shape index (κ3) is 4.05. The van der Waals surface area contributed by atoms with Crippen LogP contribution in [0.4, 0.5) is 13.2 Å². The molecule has 1 atom stereocenters. The van der Waals surface area contributed by atoms with Gasteiger partial charge < -0.3 is 10.5 Å². The van der Waals surface area contributed by atoms with Gasteiger partial charge in [0.25, 0.3) is 0 Å². The molecule has 0 spiro atoms. The van der Waals surface area contributed by atoms with Gasteiger partial charge in [-0.15, -0.1) is 0 Å². The fourth-order valence-electron chi connectivity index (χ4n) is 1.88. The normalized spacial score (nSPS) is 20.7. The Morgan fingerprint density at radius 2 is 2.14 bits per heavy atom. The molecule has 0 bridgehead atoms. The zero-order valence-electron chi connectivity index (χ0n) is 10.9. The molecule has 0 radical (unpaired) electrons. The summed E-state index contributed by atoms with van der Waals surface area (Å²) in [7, 11) is -3.72. The van der Waals surface area contributed by atoms with E-state index in [9.17, 15) is 21.6 Å². The van der Waals surface area contributed by atoms with Crippen LogP contribution in [-0.4, -0.2) is 49.6 Å². The van der Waals surface area contributed by atoms with Crippen molar-refractivity contribution in [3.8, 4) is 5.88 Å². The first-order valence-corrected chi connectivity index (χ1v) is 7.54. The molecule has 2 heterocycles.